The summed E-state index contributed by atoms with van der Waals surface area (Å²) in [5.74, 6) is -0.502. The summed E-state index contributed by atoms with van der Waals surface area (Å²) in [7, 11) is 0. The first kappa shape index (κ1) is 17.7. The molecule has 1 aliphatic heterocycles. The molecule has 1 aromatic heterocycles. The minimum Gasteiger partial charge on any atom is -0.507 e. The van der Waals surface area contributed by atoms with Gasteiger partial charge < -0.3 is 10.0 Å². The molecule has 2 aliphatic carbocycles. The van der Waals surface area contributed by atoms with Gasteiger partial charge in [0.25, 0.3) is 0 Å². The second-order valence-corrected chi connectivity index (χ2v) is 6.67. The molecule has 5 rings (SSSR count). The zero-order valence-electron chi connectivity index (χ0n) is 15.2. The van der Waals surface area contributed by atoms with Crippen molar-refractivity contribution in [2.24, 2.45) is 0 Å². The summed E-state index contributed by atoms with van der Waals surface area (Å²) in [5.41, 5.74) is 3.00. The Balaban J connectivity index is 0.000000268. The van der Waals surface area contributed by atoms with Gasteiger partial charge in [0.1, 0.15) is 5.76 Å². The highest BCUT2D eigenvalue weighted by atomic mass is 16.3. The maximum absolute atomic E-state index is 12.2. The average molecular weight is 370 g/mol. The molecule has 1 N–H and O–H groups in total. The van der Waals surface area contributed by atoms with Gasteiger partial charge in [-0.25, -0.2) is 0 Å². The van der Waals surface area contributed by atoms with E-state index in [2.05, 4.69) is 29.2 Å². The highest BCUT2D eigenvalue weighted by Gasteiger charge is 2.45. The van der Waals surface area contributed by atoms with Crippen molar-refractivity contribution < 1.29 is 14.7 Å². The van der Waals surface area contributed by atoms with Gasteiger partial charge in [-0.2, -0.15) is 0 Å². The van der Waals surface area contributed by atoms with E-state index in [1.165, 1.54) is 30.3 Å². The first-order chi connectivity index (χ1) is 13.6. The van der Waals surface area contributed by atoms with Crippen LogP contribution in [0.2, 0.25) is 0 Å². The van der Waals surface area contributed by atoms with E-state index in [4.69, 9.17) is 0 Å². The Kier molecular flexibility index (Phi) is 4.28. The fourth-order valence-corrected chi connectivity index (χ4v) is 3.36. The van der Waals surface area contributed by atoms with Crippen LogP contribution in [0.3, 0.4) is 0 Å². The number of Topliss-reactive ketones (excluding diaryl/α,β-unsaturated/α-hetero) is 1. The Labute approximate surface area is 162 Å². The lowest BCUT2D eigenvalue weighted by molar-refractivity contribution is -0.125. The van der Waals surface area contributed by atoms with Crippen molar-refractivity contribution in [3.05, 3.63) is 84.7 Å². The number of nitrogens with zero attached hydrogens (tertiary/aromatic N) is 2. The van der Waals surface area contributed by atoms with Crippen LogP contribution in [0, 0.1) is 0 Å². The van der Waals surface area contributed by atoms with Crippen molar-refractivity contribution in [3.63, 3.8) is 0 Å². The topological polar surface area (TPSA) is 70.5 Å². The molecule has 0 bridgehead atoms. The minimum atomic E-state index is -1.57. The number of carbonyl (C=O) groups excluding carboxylic acids is 2. The molecule has 2 aromatic rings. The number of ketones is 1. The molecule has 0 fully saturated rings. The van der Waals surface area contributed by atoms with Gasteiger partial charge in [-0.15, -0.1) is 0 Å². The van der Waals surface area contributed by atoms with Crippen LogP contribution in [-0.4, -0.2) is 27.7 Å². The van der Waals surface area contributed by atoms with Crippen molar-refractivity contribution in [1.29, 1.82) is 0 Å². The van der Waals surface area contributed by atoms with E-state index in [0.717, 1.165) is 0 Å². The summed E-state index contributed by atoms with van der Waals surface area (Å²) in [6.07, 6.45) is 4.90. The smallest absolute Gasteiger partial charge is 0.181 e. The molecule has 138 valence electrons. The van der Waals surface area contributed by atoms with Crippen LogP contribution >= 0.6 is 0 Å². The van der Waals surface area contributed by atoms with E-state index in [9.17, 15) is 14.7 Å². The van der Waals surface area contributed by atoms with Gasteiger partial charge in [-0.1, -0.05) is 36.4 Å². The quantitative estimate of drug-likeness (QED) is 0.429. The standard InChI is InChI=1S/C17H14N2O3.C6H4/c1-12(21)17(11-20)9-16(22)14-10-18-8-7-15(14)19(17)13-5-3-2-4-6-13;1-2-5-4-6(5)3-1/h2-11,22H,1H3;1-4H. The van der Waals surface area contributed by atoms with E-state index in [-0.39, 0.29) is 11.5 Å². The van der Waals surface area contributed by atoms with Gasteiger partial charge in [0.05, 0.1) is 11.3 Å². The van der Waals surface area contributed by atoms with Crippen LogP contribution in [0.1, 0.15) is 12.5 Å². The number of anilines is 2. The predicted octanol–water partition coefficient (Wildman–Crippen LogP) is 4.33. The van der Waals surface area contributed by atoms with E-state index in [1.54, 1.807) is 17.2 Å². The third-order valence-electron chi connectivity index (χ3n) is 4.91. The molecule has 5 heteroatoms. The molecule has 0 radical (unpaired) electrons. The molecule has 1 unspecified atom stereocenters. The minimum absolute atomic E-state index is 0.127. The number of carbonyl (C=O) groups is 2. The number of para-hydroxylation sites is 1. The number of hydrogen-bond acceptors (Lipinski definition) is 5. The Bertz CT molecular complexity index is 1070. The largest absolute Gasteiger partial charge is 0.507 e. The number of pyridine rings is 1. The molecule has 0 amide bonds. The molecule has 1 atom stereocenters. The normalized spacial score (nSPS) is 18.2. The highest BCUT2D eigenvalue weighted by molar-refractivity contribution is 6.12. The third kappa shape index (κ3) is 2.87. The van der Waals surface area contributed by atoms with E-state index in [1.807, 2.05) is 30.3 Å². The van der Waals surface area contributed by atoms with E-state index < -0.39 is 5.54 Å². The lowest BCUT2D eigenvalue weighted by Gasteiger charge is -2.41. The van der Waals surface area contributed by atoms with Gasteiger partial charge in [-0.3, -0.25) is 14.6 Å². The molecule has 28 heavy (non-hydrogen) atoms. The number of rotatable bonds is 3. The number of aldehydes is 1. The lowest BCUT2D eigenvalue weighted by Crippen LogP contribution is -2.53. The number of aliphatic hydroxyl groups excluding tert-OH is 1. The van der Waals surface area contributed by atoms with Crippen LogP contribution in [-0.2, 0) is 9.59 Å². The molecule has 0 saturated heterocycles. The number of benzene rings is 2. The molecule has 0 saturated carbocycles. The Morgan fingerprint density at radius 1 is 1.07 bits per heavy atom. The van der Waals surface area contributed by atoms with Gasteiger partial charge >= 0.3 is 0 Å². The van der Waals surface area contributed by atoms with Crippen molar-refractivity contribution in [3.8, 4) is 11.1 Å². The van der Waals surface area contributed by atoms with Gasteiger partial charge in [0.15, 0.2) is 17.6 Å². The average Bonchev–Trinajstić information content (AvgIpc) is 3.33. The molecular weight excluding hydrogens is 352 g/mol. The Hall–Kier alpha value is -3.73. The molecule has 3 aliphatic rings. The lowest BCUT2D eigenvalue weighted by atomic mass is 9.87. The first-order valence-electron chi connectivity index (χ1n) is 8.86. The monoisotopic (exact) mass is 370 g/mol. The Morgan fingerprint density at radius 3 is 2.32 bits per heavy atom. The maximum atomic E-state index is 12.2. The highest BCUT2D eigenvalue weighted by Crippen LogP contribution is 2.42. The fraction of sp³-hybridized carbons (Fsp3) is 0.0870. The van der Waals surface area contributed by atoms with Crippen LogP contribution in [0.25, 0.3) is 16.9 Å². The molecule has 2 heterocycles. The summed E-state index contributed by atoms with van der Waals surface area (Å²) < 4.78 is 0. The van der Waals surface area contributed by atoms with Crippen LogP contribution < -0.4 is 4.90 Å². The SMILES string of the molecule is CC(=O)C1(C=O)C=C(O)c2cnccc2N1c1ccccc1.c1cc2cc-2c1. The zero-order chi connectivity index (χ0) is 19.7. The fourth-order valence-electron chi connectivity index (χ4n) is 3.36. The summed E-state index contributed by atoms with van der Waals surface area (Å²) in [5, 5.41) is 10.2. The number of hydrogen-bond donors (Lipinski definition) is 1. The van der Waals surface area contributed by atoms with E-state index >= 15 is 0 Å². The van der Waals surface area contributed by atoms with Gasteiger partial charge in [-0.05, 0) is 48.4 Å². The van der Waals surface area contributed by atoms with Crippen molar-refractivity contribution in [2.45, 2.75) is 12.5 Å². The second kappa shape index (κ2) is 6.78. The predicted molar refractivity (Wildman–Crippen MR) is 108 cm³/mol. The molecule has 1 aromatic carbocycles. The molecule has 5 nitrogen and oxygen atoms in total. The summed E-state index contributed by atoms with van der Waals surface area (Å²) >= 11 is 0. The van der Waals surface area contributed by atoms with Crippen LogP contribution in [0.5, 0.6) is 0 Å². The summed E-state index contributed by atoms with van der Waals surface area (Å²) in [6.45, 7) is 1.33. The molecule has 0 spiro atoms. The second-order valence-electron chi connectivity index (χ2n) is 6.67. The summed E-state index contributed by atoms with van der Waals surface area (Å²) in [6, 6.07) is 19.3. The van der Waals surface area contributed by atoms with Crippen molar-refractivity contribution in [1.82, 2.24) is 4.98 Å². The zero-order valence-corrected chi connectivity index (χ0v) is 15.2. The summed E-state index contributed by atoms with van der Waals surface area (Å²) in [4.78, 5) is 29.7. The maximum Gasteiger partial charge on any atom is 0.181 e. The van der Waals surface area contributed by atoms with Crippen molar-refractivity contribution in [2.75, 3.05) is 4.90 Å². The van der Waals surface area contributed by atoms with Crippen LogP contribution in [0.4, 0.5) is 11.4 Å². The van der Waals surface area contributed by atoms with Crippen LogP contribution in [0.15, 0.2) is 79.1 Å². The molecular formula is C23H18N2O3. The first-order valence-corrected chi connectivity index (χ1v) is 8.86. The van der Waals surface area contributed by atoms with Gasteiger partial charge in [0.2, 0.25) is 0 Å². The van der Waals surface area contributed by atoms with Gasteiger partial charge in [0, 0.05) is 18.1 Å². The van der Waals surface area contributed by atoms with Crippen molar-refractivity contribution >= 4 is 29.2 Å². The number of aromatic nitrogens is 1. The Morgan fingerprint density at radius 2 is 1.79 bits per heavy atom. The number of fused-ring (bicyclic) bond motifs is 2. The third-order valence-corrected chi connectivity index (χ3v) is 4.91. The number of aliphatic hydroxyl groups is 1. The van der Waals surface area contributed by atoms with E-state index in [0.29, 0.717) is 23.2 Å².